The fraction of sp³-hybridized carbons (Fsp3) is 0.410. The smallest absolute Gasteiger partial charge is 0.326 e. The van der Waals surface area contributed by atoms with E-state index >= 15 is 0 Å². The van der Waals surface area contributed by atoms with Crippen molar-refractivity contribution in [2.24, 2.45) is 5.73 Å². The topological polar surface area (TPSA) is 320 Å². The van der Waals surface area contributed by atoms with Gasteiger partial charge in [0.2, 0.25) is 47.2 Å². The Bertz CT molecular complexity index is 2360. The van der Waals surface area contributed by atoms with Gasteiger partial charge in [0, 0.05) is 36.5 Å². The number of oxazole rings is 1. The van der Waals surface area contributed by atoms with Gasteiger partial charge in [-0.05, 0) is 66.7 Å². The predicted molar refractivity (Wildman–Crippen MR) is 220 cm³/mol. The van der Waals surface area contributed by atoms with Gasteiger partial charge in [0.25, 0.3) is 0 Å². The molecule has 2 aromatic heterocycles. The van der Waals surface area contributed by atoms with E-state index in [1.54, 1.807) is 18.3 Å². The minimum atomic E-state index is -1.44. The number of aromatic hydroxyl groups is 1. The lowest BCUT2D eigenvalue weighted by Gasteiger charge is -2.24. The van der Waals surface area contributed by atoms with Crippen LogP contribution in [0.4, 0.5) is 0 Å². The van der Waals surface area contributed by atoms with Gasteiger partial charge in [0.05, 0.1) is 37.8 Å². The second-order valence-electron chi connectivity index (χ2n) is 14.6. The maximum atomic E-state index is 13.6. The molecule has 4 heterocycles. The largest absolute Gasteiger partial charge is 0.507 e. The molecule has 1 fully saturated rings. The second kappa shape index (κ2) is 19.6. The Labute approximate surface area is 351 Å². The van der Waals surface area contributed by atoms with Crippen LogP contribution in [0.1, 0.15) is 30.4 Å². The summed E-state index contributed by atoms with van der Waals surface area (Å²) in [5.41, 5.74) is 8.29. The van der Waals surface area contributed by atoms with Gasteiger partial charge in [0.1, 0.15) is 29.4 Å². The Morgan fingerprint density at radius 3 is 2.43 bits per heavy atom. The second-order valence-corrected chi connectivity index (χ2v) is 15.6. The van der Waals surface area contributed by atoms with Crippen molar-refractivity contribution in [2.45, 2.75) is 56.3 Å². The van der Waals surface area contributed by atoms with Crippen LogP contribution in [0.2, 0.25) is 0 Å². The van der Waals surface area contributed by atoms with E-state index < -0.39 is 97.7 Å². The van der Waals surface area contributed by atoms with Crippen LogP contribution in [-0.2, 0) is 51.2 Å². The number of carboxylic acids is 1. The van der Waals surface area contributed by atoms with E-state index in [4.69, 9.17) is 10.2 Å². The molecule has 0 radical (unpaired) electrons. The minimum absolute atomic E-state index is 0.0245. The molecule has 6 rings (SSSR count). The Kier molecular flexibility index (Phi) is 14.1. The van der Waals surface area contributed by atoms with E-state index in [2.05, 4.69) is 41.9 Å². The maximum absolute atomic E-state index is 13.6. The van der Waals surface area contributed by atoms with Gasteiger partial charge in [-0.3, -0.25) is 33.6 Å². The standard InChI is InChI=1S/C39H46N10O11S/c1-61-10-8-22(40)35(55)47-24-12-19-4-6-27(50)21(11-19)38-48-34-28(60-38)7-5-23-33(34)20(14-41-23)13-25(39(58)59)46-31(53)17-42-29(51)16-45-37(57)26-3-2-9-49(26)32(54)18-43-30(52)15-44-36(24)56/h4-7,11,14,22,24-26,41,50H,2-3,8-10,12-13,15-18,40H2,1H3,(H,42,51)(H,43,52)(H,44,56)(H,45,57)(H,46,53)(H,47,55)(H,58,59)/t22-,24?,25?,26-/m0/s1. The van der Waals surface area contributed by atoms with Crippen LogP contribution in [0.5, 0.6) is 5.75 Å². The van der Waals surface area contributed by atoms with Crippen molar-refractivity contribution in [3.63, 3.8) is 0 Å². The minimum Gasteiger partial charge on any atom is -0.507 e. The number of thioether (sulfide) groups is 1. The van der Waals surface area contributed by atoms with E-state index in [9.17, 15) is 48.6 Å². The number of carbonyl (C=O) groups excluding carboxylic acids is 7. The quantitative estimate of drug-likeness (QED) is 0.104. The van der Waals surface area contributed by atoms with Crippen molar-refractivity contribution >= 4 is 81.1 Å². The molecule has 0 aliphatic carbocycles. The lowest BCUT2D eigenvalue weighted by atomic mass is 10.0. The summed E-state index contributed by atoms with van der Waals surface area (Å²) in [5.74, 6) is -5.88. The summed E-state index contributed by atoms with van der Waals surface area (Å²) in [6.07, 6.45) is 4.19. The number of aromatic amines is 1. The normalized spacial score (nSPS) is 20.8. The van der Waals surface area contributed by atoms with Crippen LogP contribution < -0.4 is 37.6 Å². The van der Waals surface area contributed by atoms with Crippen LogP contribution in [0.3, 0.4) is 0 Å². The number of hydrogen-bond acceptors (Lipinski definition) is 13. The summed E-state index contributed by atoms with van der Waals surface area (Å²) in [6, 6.07) is 3.16. The number of rotatable bonds is 6. The Morgan fingerprint density at radius 1 is 0.967 bits per heavy atom. The number of carboxylic acid groups (broad SMARTS) is 1. The lowest BCUT2D eigenvalue weighted by molar-refractivity contribution is -0.141. The zero-order valence-electron chi connectivity index (χ0n) is 33.0. The molecule has 2 aromatic carbocycles. The number of aliphatic carboxylic acids is 1. The molecule has 2 aliphatic heterocycles. The van der Waals surface area contributed by atoms with Crippen molar-refractivity contribution in [1.29, 1.82) is 0 Å². The number of amides is 7. The molecule has 2 aliphatic rings. The number of aromatic nitrogens is 2. The zero-order valence-corrected chi connectivity index (χ0v) is 33.8. The van der Waals surface area contributed by atoms with Crippen LogP contribution in [0.15, 0.2) is 40.9 Å². The highest BCUT2D eigenvalue weighted by atomic mass is 32.2. The molecule has 7 amide bonds. The molecule has 324 valence electrons. The van der Waals surface area contributed by atoms with Gasteiger partial charge in [0.15, 0.2) is 5.58 Å². The van der Waals surface area contributed by atoms with Crippen molar-refractivity contribution in [3.8, 4) is 17.2 Å². The highest BCUT2D eigenvalue weighted by molar-refractivity contribution is 7.98. The number of nitrogens with zero attached hydrogens (tertiary/aromatic N) is 2. The molecule has 22 heteroatoms. The summed E-state index contributed by atoms with van der Waals surface area (Å²) in [7, 11) is 0. The van der Waals surface area contributed by atoms with Crippen LogP contribution in [0, 0.1) is 0 Å². The number of hydrogen-bond donors (Lipinski definition) is 10. The first-order chi connectivity index (χ1) is 29.2. The molecule has 0 saturated carbocycles. The van der Waals surface area contributed by atoms with E-state index in [0.717, 1.165) is 0 Å². The van der Waals surface area contributed by atoms with Crippen molar-refractivity contribution in [2.75, 3.05) is 44.7 Å². The monoisotopic (exact) mass is 862 g/mol. The van der Waals surface area contributed by atoms with Gasteiger partial charge in [-0.25, -0.2) is 9.78 Å². The zero-order chi connectivity index (χ0) is 43.8. The maximum Gasteiger partial charge on any atom is 0.326 e. The number of carbonyl (C=O) groups is 8. The number of benzene rings is 2. The Hall–Kier alpha value is -6.68. The third-order valence-electron chi connectivity index (χ3n) is 10.3. The first-order valence-corrected chi connectivity index (χ1v) is 20.8. The van der Waals surface area contributed by atoms with Crippen LogP contribution in [0.25, 0.3) is 33.5 Å². The van der Waals surface area contributed by atoms with Crippen molar-refractivity contribution in [3.05, 3.63) is 47.7 Å². The first-order valence-electron chi connectivity index (χ1n) is 19.4. The van der Waals surface area contributed by atoms with E-state index in [1.165, 1.54) is 34.9 Å². The average Bonchev–Trinajstić information content (AvgIpc) is 4.01. The van der Waals surface area contributed by atoms with Gasteiger partial charge in [-0.15, -0.1) is 0 Å². The van der Waals surface area contributed by atoms with Gasteiger partial charge >= 0.3 is 5.97 Å². The number of H-pyrrole nitrogens is 1. The fourth-order valence-corrected chi connectivity index (χ4v) is 7.58. The summed E-state index contributed by atoms with van der Waals surface area (Å²) in [5, 5.41) is 36.3. The lowest BCUT2D eigenvalue weighted by Crippen LogP contribution is -2.54. The molecular formula is C39H46N10O11S. The summed E-state index contributed by atoms with van der Waals surface area (Å²) < 4.78 is 6.07. The number of phenolic OH excluding ortho intramolecular Hbond substituents is 1. The highest BCUT2D eigenvalue weighted by Crippen LogP contribution is 2.36. The molecule has 4 bridgehead atoms. The molecule has 4 atom stereocenters. The average molecular weight is 863 g/mol. The van der Waals surface area contributed by atoms with Crippen molar-refractivity contribution in [1.82, 2.24) is 46.8 Å². The number of phenols is 1. The molecule has 21 nitrogen and oxygen atoms in total. The van der Waals surface area contributed by atoms with E-state index in [-0.39, 0.29) is 42.2 Å². The summed E-state index contributed by atoms with van der Waals surface area (Å²) in [6.45, 7) is -2.00. The van der Waals surface area contributed by atoms with E-state index in [0.29, 0.717) is 52.6 Å². The molecule has 0 spiro atoms. The SMILES string of the molecule is CSCC[C@H](N)C(=O)NC1Cc2ccc(O)c(c2)-c2nc3c(ccc4[nH]cc(c43)CC(C(=O)O)NC(=O)CNC(=O)CNC(=O)[C@@H]3CCCN3C(=O)CNC(=O)CNC1=O)o2. The number of nitrogens with two attached hydrogens (primary N) is 1. The summed E-state index contributed by atoms with van der Waals surface area (Å²) >= 11 is 1.49. The third-order valence-corrected chi connectivity index (χ3v) is 10.9. The Balaban J connectivity index is 1.31. The molecule has 1 saturated heterocycles. The molecule has 61 heavy (non-hydrogen) atoms. The highest BCUT2D eigenvalue weighted by Gasteiger charge is 2.34. The fourth-order valence-electron chi connectivity index (χ4n) is 7.09. The van der Waals surface area contributed by atoms with Gasteiger partial charge < -0.3 is 62.1 Å². The van der Waals surface area contributed by atoms with Crippen molar-refractivity contribution < 1.29 is 53.0 Å². The number of fused-ring (bicyclic) bond motifs is 5. The third kappa shape index (κ3) is 10.7. The molecule has 2 unspecified atom stereocenters. The van der Waals surface area contributed by atoms with Crippen LogP contribution >= 0.6 is 11.8 Å². The number of nitrogens with one attached hydrogen (secondary N) is 7. The molecular weight excluding hydrogens is 817 g/mol. The Morgan fingerprint density at radius 2 is 1.69 bits per heavy atom. The molecule has 11 N–H and O–H groups in total. The van der Waals surface area contributed by atoms with Gasteiger partial charge in [-0.2, -0.15) is 11.8 Å². The predicted octanol–water partition coefficient (Wildman–Crippen LogP) is -1.63. The van der Waals surface area contributed by atoms with E-state index in [1.807, 2.05) is 6.26 Å². The summed E-state index contributed by atoms with van der Waals surface area (Å²) in [4.78, 5) is 112. The van der Waals surface area contributed by atoms with Crippen LogP contribution in [-0.4, -0.2) is 141 Å². The molecule has 4 aromatic rings. The van der Waals surface area contributed by atoms with Gasteiger partial charge in [-0.1, -0.05) is 6.07 Å². The first kappa shape index (κ1) is 43.9.